The predicted octanol–water partition coefficient (Wildman–Crippen LogP) is 2.54. The number of rotatable bonds is 11. The number of benzene rings is 2. The molecular formula is C21H26N2O7S. The van der Waals surface area contributed by atoms with Crippen molar-refractivity contribution in [1.82, 2.24) is 4.31 Å². The third-order valence-electron chi connectivity index (χ3n) is 4.30. The smallest absolute Gasteiger partial charge is 0.243 e. The number of sulfonamides is 1. The Morgan fingerprint density at radius 2 is 1.58 bits per heavy atom. The minimum absolute atomic E-state index is 0.0377. The number of amides is 1. The first-order valence-corrected chi connectivity index (χ1v) is 10.6. The van der Waals surface area contributed by atoms with Gasteiger partial charge in [0.25, 0.3) is 0 Å². The number of hydrogen-bond donors (Lipinski definition) is 1. The molecule has 0 radical (unpaired) electrons. The Morgan fingerprint density at radius 3 is 2.03 bits per heavy atom. The van der Waals surface area contributed by atoms with Gasteiger partial charge in [-0.3, -0.25) is 4.79 Å². The zero-order chi connectivity index (χ0) is 23.0. The van der Waals surface area contributed by atoms with Gasteiger partial charge in [0.05, 0.1) is 39.9 Å². The van der Waals surface area contributed by atoms with E-state index in [0.29, 0.717) is 28.7 Å². The van der Waals surface area contributed by atoms with E-state index in [1.807, 2.05) is 0 Å². The number of nitrogens with zero attached hydrogens (tertiary/aromatic N) is 1. The van der Waals surface area contributed by atoms with Crippen LogP contribution in [0.5, 0.6) is 23.0 Å². The highest BCUT2D eigenvalue weighted by Gasteiger charge is 2.26. The Balaban J connectivity index is 2.25. The Labute approximate surface area is 182 Å². The molecule has 0 saturated heterocycles. The lowest BCUT2D eigenvalue weighted by atomic mass is 10.2. The van der Waals surface area contributed by atoms with Crippen molar-refractivity contribution in [2.24, 2.45) is 0 Å². The molecule has 10 heteroatoms. The summed E-state index contributed by atoms with van der Waals surface area (Å²) in [4.78, 5) is 12.7. The van der Waals surface area contributed by atoms with Gasteiger partial charge < -0.3 is 24.3 Å². The molecule has 0 fully saturated rings. The molecule has 0 spiro atoms. The van der Waals surface area contributed by atoms with Gasteiger partial charge in [0.15, 0.2) is 11.5 Å². The van der Waals surface area contributed by atoms with E-state index in [1.54, 1.807) is 12.1 Å². The molecule has 31 heavy (non-hydrogen) atoms. The maximum Gasteiger partial charge on any atom is 0.243 e. The van der Waals surface area contributed by atoms with E-state index in [-0.39, 0.29) is 11.4 Å². The van der Waals surface area contributed by atoms with E-state index in [4.69, 9.17) is 18.9 Å². The summed E-state index contributed by atoms with van der Waals surface area (Å²) in [5, 5.41) is 2.66. The van der Waals surface area contributed by atoms with Crippen molar-refractivity contribution in [3.05, 3.63) is 49.1 Å². The summed E-state index contributed by atoms with van der Waals surface area (Å²) >= 11 is 0. The van der Waals surface area contributed by atoms with E-state index < -0.39 is 22.5 Å². The van der Waals surface area contributed by atoms with E-state index in [9.17, 15) is 13.2 Å². The number of methoxy groups -OCH3 is 4. The van der Waals surface area contributed by atoms with Crippen LogP contribution in [0, 0.1) is 0 Å². The Hall–Kier alpha value is -3.24. The first-order valence-electron chi connectivity index (χ1n) is 9.15. The highest BCUT2D eigenvalue weighted by molar-refractivity contribution is 7.89. The third kappa shape index (κ3) is 5.68. The van der Waals surface area contributed by atoms with Gasteiger partial charge in [-0.15, -0.1) is 6.58 Å². The lowest BCUT2D eigenvalue weighted by Gasteiger charge is -2.21. The summed E-state index contributed by atoms with van der Waals surface area (Å²) < 4.78 is 47.9. The fourth-order valence-electron chi connectivity index (χ4n) is 2.80. The van der Waals surface area contributed by atoms with Crippen molar-refractivity contribution in [1.29, 1.82) is 0 Å². The number of carbonyl (C=O) groups is 1. The van der Waals surface area contributed by atoms with Crippen LogP contribution in [0.2, 0.25) is 0 Å². The van der Waals surface area contributed by atoms with E-state index in [1.165, 1.54) is 58.8 Å². The zero-order valence-corrected chi connectivity index (χ0v) is 18.7. The second kappa shape index (κ2) is 10.7. The van der Waals surface area contributed by atoms with Gasteiger partial charge in [0.1, 0.15) is 5.75 Å². The van der Waals surface area contributed by atoms with Gasteiger partial charge in [0, 0.05) is 24.4 Å². The maximum absolute atomic E-state index is 13.0. The predicted molar refractivity (Wildman–Crippen MR) is 117 cm³/mol. The van der Waals surface area contributed by atoms with Crippen molar-refractivity contribution >= 4 is 21.6 Å². The fourth-order valence-corrected chi connectivity index (χ4v) is 4.17. The Bertz CT molecular complexity index is 996. The molecule has 0 unspecified atom stereocenters. The average molecular weight is 451 g/mol. The Morgan fingerprint density at radius 1 is 1.00 bits per heavy atom. The third-order valence-corrected chi connectivity index (χ3v) is 6.12. The summed E-state index contributed by atoms with van der Waals surface area (Å²) in [5.74, 6) is 1.05. The highest BCUT2D eigenvalue weighted by Crippen LogP contribution is 2.39. The largest absolute Gasteiger partial charge is 0.497 e. The van der Waals surface area contributed by atoms with Crippen LogP contribution in [-0.4, -0.2) is 60.2 Å². The normalized spacial score (nSPS) is 11.0. The second-order valence-corrected chi connectivity index (χ2v) is 8.16. The van der Waals surface area contributed by atoms with Crippen LogP contribution in [0.25, 0.3) is 0 Å². The second-order valence-electron chi connectivity index (χ2n) is 6.22. The van der Waals surface area contributed by atoms with Crippen LogP contribution in [0.3, 0.4) is 0 Å². The number of hydrogen-bond acceptors (Lipinski definition) is 7. The first kappa shape index (κ1) is 24.0. The van der Waals surface area contributed by atoms with Gasteiger partial charge in [-0.2, -0.15) is 4.31 Å². The minimum Gasteiger partial charge on any atom is -0.497 e. The minimum atomic E-state index is -3.94. The molecule has 0 heterocycles. The summed E-state index contributed by atoms with van der Waals surface area (Å²) in [7, 11) is 1.93. The summed E-state index contributed by atoms with van der Waals surface area (Å²) in [6.07, 6.45) is 1.41. The molecule has 0 aliphatic carbocycles. The van der Waals surface area contributed by atoms with Crippen molar-refractivity contribution in [3.8, 4) is 23.0 Å². The van der Waals surface area contributed by atoms with E-state index in [2.05, 4.69) is 11.9 Å². The zero-order valence-electron chi connectivity index (χ0n) is 17.9. The monoisotopic (exact) mass is 450 g/mol. The summed E-state index contributed by atoms with van der Waals surface area (Å²) in [5.41, 5.74) is 0.361. The van der Waals surface area contributed by atoms with Gasteiger partial charge in [0.2, 0.25) is 21.7 Å². The standard InChI is InChI=1S/C21H26N2O7S/c1-6-11-23(31(25,26)17-9-7-16(27-2)8-10-17)14-20(24)22-15-12-18(28-3)21(30-5)19(13-15)29-4/h6-10,12-13H,1,11,14H2,2-5H3,(H,22,24). The van der Waals surface area contributed by atoms with E-state index in [0.717, 1.165) is 4.31 Å². The van der Waals surface area contributed by atoms with Crippen LogP contribution in [-0.2, 0) is 14.8 Å². The number of ether oxygens (including phenoxy) is 4. The Kier molecular flexibility index (Phi) is 8.29. The van der Waals surface area contributed by atoms with Crippen molar-refractivity contribution in [2.75, 3.05) is 46.8 Å². The molecule has 0 aliphatic rings. The molecule has 9 nitrogen and oxygen atoms in total. The molecule has 0 aliphatic heterocycles. The van der Waals surface area contributed by atoms with Gasteiger partial charge in [-0.05, 0) is 24.3 Å². The number of nitrogens with one attached hydrogen (secondary N) is 1. The van der Waals surface area contributed by atoms with Crippen LogP contribution in [0.4, 0.5) is 5.69 Å². The topological polar surface area (TPSA) is 103 Å². The van der Waals surface area contributed by atoms with Crippen molar-refractivity contribution in [3.63, 3.8) is 0 Å². The molecule has 0 aromatic heterocycles. The van der Waals surface area contributed by atoms with Gasteiger partial charge in [-0.1, -0.05) is 6.08 Å². The maximum atomic E-state index is 13.0. The quantitative estimate of drug-likeness (QED) is 0.525. The summed E-state index contributed by atoms with van der Waals surface area (Å²) in [6, 6.07) is 9.01. The van der Waals surface area contributed by atoms with Crippen LogP contribution >= 0.6 is 0 Å². The van der Waals surface area contributed by atoms with Crippen LogP contribution < -0.4 is 24.3 Å². The molecule has 168 valence electrons. The SMILES string of the molecule is C=CCN(CC(=O)Nc1cc(OC)c(OC)c(OC)c1)S(=O)(=O)c1ccc(OC)cc1. The molecule has 2 aromatic carbocycles. The molecular weight excluding hydrogens is 424 g/mol. The van der Waals surface area contributed by atoms with Gasteiger partial charge in [-0.25, -0.2) is 8.42 Å². The van der Waals surface area contributed by atoms with E-state index >= 15 is 0 Å². The molecule has 0 saturated carbocycles. The molecule has 0 atom stereocenters. The fraction of sp³-hybridized carbons (Fsp3) is 0.286. The molecule has 2 rings (SSSR count). The lowest BCUT2D eigenvalue weighted by molar-refractivity contribution is -0.116. The molecule has 2 aromatic rings. The van der Waals surface area contributed by atoms with Crippen molar-refractivity contribution < 1.29 is 32.2 Å². The molecule has 0 bridgehead atoms. The number of carbonyl (C=O) groups excluding carboxylic acids is 1. The lowest BCUT2D eigenvalue weighted by Crippen LogP contribution is -2.38. The van der Waals surface area contributed by atoms with Crippen LogP contribution in [0.15, 0.2) is 53.9 Å². The van der Waals surface area contributed by atoms with Crippen LogP contribution in [0.1, 0.15) is 0 Å². The summed E-state index contributed by atoms with van der Waals surface area (Å²) in [6.45, 7) is 3.12. The average Bonchev–Trinajstić information content (AvgIpc) is 2.77. The first-order chi connectivity index (χ1) is 14.8. The van der Waals surface area contributed by atoms with Gasteiger partial charge >= 0.3 is 0 Å². The number of anilines is 1. The molecule has 1 amide bonds. The molecule has 1 N–H and O–H groups in total. The highest BCUT2D eigenvalue weighted by atomic mass is 32.2. The van der Waals surface area contributed by atoms with Crippen molar-refractivity contribution in [2.45, 2.75) is 4.90 Å².